The van der Waals surface area contributed by atoms with Crippen molar-refractivity contribution in [1.29, 1.82) is 0 Å². The second-order valence-electron chi connectivity index (χ2n) is 5.58. The molecule has 1 heterocycles. The van der Waals surface area contributed by atoms with Gasteiger partial charge in [-0.15, -0.1) is 5.10 Å². The standard InChI is InChI=1S/C19H17N3O4/c1-12(23)26-16-9-8-13(10-17(16)25-3)11-20-21-18-14-6-4-5-7-15(14)22(2)19(18)24/h4-11H,1-3H3/b20-11-,21-18-. The zero-order chi connectivity index (χ0) is 18.7. The van der Waals surface area contributed by atoms with Gasteiger partial charge < -0.3 is 14.4 Å². The highest BCUT2D eigenvalue weighted by Crippen LogP contribution is 2.28. The minimum Gasteiger partial charge on any atom is -0.493 e. The van der Waals surface area contributed by atoms with Gasteiger partial charge >= 0.3 is 5.97 Å². The molecule has 0 N–H and O–H groups in total. The van der Waals surface area contributed by atoms with Crippen LogP contribution in [0.4, 0.5) is 5.69 Å². The van der Waals surface area contributed by atoms with E-state index in [1.165, 1.54) is 20.2 Å². The van der Waals surface area contributed by atoms with Gasteiger partial charge in [-0.05, 0) is 29.8 Å². The predicted octanol–water partition coefficient (Wildman–Crippen LogP) is 2.42. The fourth-order valence-corrected chi connectivity index (χ4v) is 2.60. The van der Waals surface area contributed by atoms with Gasteiger partial charge in [-0.2, -0.15) is 5.10 Å². The van der Waals surface area contributed by atoms with Gasteiger partial charge in [-0.1, -0.05) is 18.2 Å². The summed E-state index contributed by atoms with van der Waals surface area (Å²) >= 11 is 0. The van der Waals surface area contributed by atoms with Crippen molar-refractivity contribution in [3.8, 4) is 11.5 Å². The van der Waals surface area contributed by atoms with E-state index in [9.17, 15) is 9.59 Å². The third-order valence-electron chi connectivity index (χ3n) is 3.83. The average Bonchev–Trinajstić information content (AvgIpc) is 2.87. The Balaban J connectivity index is 1.86. The third-order valence-corrected chi connectivity index (χ3v) is 3.83. The molecule has 3 rings (SSSR count). The Morgan fingerprint density at radius 3 is 2.65 bits per heavy atom. The fraction of sp³-hybridized carbons (Fsp3) is 0.158. The Kier molecular flexibility index (Phi) is 4.79. The quantitative estimate of drug-likeness (QED) is 0.367. The maximum Gasteiger partial charge on any atom is 0.308 e. The molecule has 132 valence electrons. The van der Waals surface area contributed by atoms with E-state index in [0.717, 1.165) is 11.3 Å². The number of ether oxygens (including phenoxy) is 2. The van der Waals surface area contributed by atoms with Crippen molar-refractivity contribution >= 4 is 29.5 Å². The van der Waals surface area contributed by atoms with Gasteiger partial charge in [-0.25, -0.2) is 0 Å². The lowest BCUT2D eigenvalue weighted by molar-refractivity contribution is -0.132. The fourth-order valence-electron chi connectivity index (χ4n) is 2.60. The number of methoxy groups -OCH3 is 1. The summed E-state index contributed by atoms with van der Waals surface area (Å²) < 4.78 is 10.3. The van der Waals surface area contributed by atoms with E-state index < -0.39 is 5.97 Å². The average molecular weight is 351 g/mol. The zero-order valence-electron chi connectivity index (χ0n) is 14.6. The molecule has 0 saturated heterocycles. The van der Waals surface area contributed by atoms with Crippen molar-refractivity contribution in [3.63, 3.8) is 0 Å². The Bertz CT molecular complexity index is 934. The number of carbonyl (C=O) groups excluding carboxylic acids is 2. The van der Waals surface area contributed by atoms with Crippen LogP contribution < -0.4 is 14.4 Å². The molecule has 7 nitrogen and oxygen atoms in total. The molecule has 0 spiro atoms. The normalized spacial score (nSPS) is 14.8. The van der Waals surface area contributed by atoms with Crippen LogP contribution in [0.3, 0.4) is 0 Å². The number of anilines is 1. The topological polar surface area (TPSA) is 80.6 Å². The van der Waals surface area contributed by atoms with Crippen molar-refractivity contribution in [1.82, 2.24) is 0 Å². The molecule has 0 saturated carbocycles. The molecule has 0 atom stereocenters. The van der Waals surface area contributed by atoms with Gasteiger partial charge in [0.1, 0.15) is 0 Å². The first-order valence-corrected chi connectivity index (χ1v) is 7.86. The summed E-state index contributed by atoms with van der Waals surface area (Å²) in [4.78, 5) is 24.9. The predicted molar refractivity (Wildman–Crippen MR) is 98.3 cm³/mol. The lowest BCUT2D eigenvalue weighted by Crippen LogP contribution is -2.25. The highest BCUT2D eigenvalue weighted by Gasteiger charge is 2.30. The second-order valence-corrected chi connectivity index (χ2v) is 5.58. The second kappa shape index (κ2) is 7.18. The Morgan fingerprint density at radius 1 is 1.15 bits per heavy atom. The van der Waals surface area contributed by atoms with Crippen LogP contribution in [0, 0.1) is 0 Å². The van der Waals surface area contributed by atoms with Crippen molar-refractivity contribution in [3.05, 3.63) is 53.6 Å². The molecule has 1 aliphatic rings. The maximum absolute atomic E-state index is 12.3. The highest BCUT2D eigenvalue weighted by atomic mass is 16.6. The number of rotatable bonds is 4. The van der Waals surface area contributed by atoms with E-state index in [0.29, 0.717) is 22.8 Å². The number of hydrogen-bond acceptors (Lipinski definition) is 6. The SMILES string of the molecule is COc1cc(/C=N\N=C2/C(=O)N(C)c3ccccc32)ccc1OC(C)=O. The molecule has 0 unspecified atom stereocenters. The summed E-state index contributed by atoms with van der Waals surface area (Å²) in [5.74, 6) is 0.0913. The van der Waals surface area contributed by atoms with Crippen molar-refractivity contribution in [2.24, 2.45) is 10.2 Å². The summed E-state index contributed by atoms with van der Waals surface area (Å²) in [7, 11) is 3.18. The minimum atomic E-state index is -0.432. The molecule has 0 bridgehead atoms. The lowest BCUT2D eigenvalue weighted by atomic mass is 10.1. The molecule has 0 aliphatic carbocycles. The zero-order valence-corrected chi connectivity index (χ0v) is 14.6. The molecule has 26 heavy (non-hydrogen) atoms. The smallest absolute Gasteiger partial charge is 0.308 e. The Hall–Kier alpha value is -3.48. The summed E-state index contributed by atoms with van der Waals surface area (Å²) in [5.41, 5.74) is 2.54. The molecule has 7 heteroatoms. The molecular weight excluding hydrogens is 334 g/mol. The number of nitrogens with zero attached hydrogens (tertiary/aromatic N) is 3. The summed E-state index contributed by atoms with van der Waals surface area (Å²) in [6.07, 6.45) is 1.50. The van der Waals surface area contributed by atoms with Gasteiger partial charge in [-0.3, -0.25) is 9.59 Å². The van der Waals surface area contributed by atoms with Crippen LogP contribution in [0.15, 0.2) is 52.7 Å². The van der Waals surface area contributed by atoms with E-state index in [1.54, 1.807) is 30.1 Å². The van der Waals surface area contributed by atoms with Crippen molar-refractivity contribution in [2.75, 3.05) is 19.1 Å². The summed E-state index contributed by atoms with van der Waals surface area (Å²) in [5, 5.41) is 8.11. The van der Waals surface area contributed by atoms with Crippen LogP contribution in [-0.2, 0) is 9.59 Å². The highest BCUT2D eigenvalue weighted by molar-refractivity contribution is 6.54. The Morgan fingerprint density at radius 2 is 1.92 bits per heavy atom. The molecule has 1 aliphatic heterocycles. The number of likely N-dealkylation sites (N-methyl/N-ethyl adjacent to an activating group) is 1. The number of benzene rings is 2. The van der Waals surface area contributed by atoms with E-state index in [2.05, 4.69) is 10.2 Å². The maximum atomic E-state index is 12.3. The number of fused-ring (bicyclic) bond motifs is 1. The molecule has 1 amide bonds. The molecule has 2 aromatic rings. The molecular formula is C19H17N3O4. The number of para-hydroxylation sites is 1. The third kappa shape index (κ3) is 3.32. The van der Waals surface area contributed by atoms with Crippen LogP contribution >= 0.6 is 0 Å². The summed E-state index contributed by atoms with van der Waals surface area (Å²) in [6.45, 7) is 1.32. The van der Waals surface area contributed by atoms with E-state index in [1.807, 2.05) is 24.3 Å². The van der Waals surface area contributed by atoms with E-state index in [4.69, 9.17) is 9.47 Å². The largest absolute Gasteiger partial charge is 0.493 e. The van der Waals surface area contributed by atoms with Gasteiger partial charge in [0, 0.05) is 19.5 Å². The van der Waals surface area contributed by atoms with Crippen LogP contribution in [0.1, 0.15) is 18.1 Å². The Labute approximate surface area is 150 Å². The van der Waals surface area contributed by atoms with Crippen LogP contribution in [0.25, 0.3) is 0 Å². The van der Waals surface area contributed by atoms with Crippen LogP contribution in [-0.4, -0.2) is 38.0 Å². The van der Waals surface area contributed by atoms with Gasteiger partial charge in [0.25, 0.3) is 5.91 Å². The number of amides is 1. The van der Waals surface area contributed by atoms with Crippen LogP contribution in [0.5, 0.6) is 11.5 Å². The van der Waals surface area contributed by atoms with Gasteiger partial charge in [0.05, 0.1) is 19.0 Å². The van der Waals surface area contributed by atoms with E-state index in [-0.39, 0.29) is 5.91 Å². The van der Waals surface area contributed by atoms with Crippen molar-refractivity contribution < 1.29 is 19.1 Å². The number of esters is 1. The molecule has 0 aromatic heterocycles. The first-order valence-electron chi connectivity index (χ1n) is 7.86. The monoisotopic (exact) mass is 351 g/mol. The first-order chi connectivity index (χ1) is 12.5. The minimum absolute atomic E-state index is 0.203. The first kappa shape index (κ1) is 17.3. The molecule has 2 aromatic carbocycles. The van der Waals surface area contributed by atoms with Crippen molar-refractivity contribution in [2.45, 2.75) is 6.92 Å². The van der Waals surface area contributed by atoms with Gasteiger partial charge in [0.2, 0.25) is 0 Å². The summed E-state index contributed by atoms with van der Waals surface area (Å²) in [6, 6.07) is 12.4. The number of hydrogen-bond donors (Lipinski definition) is 0. The molecule has 0 fully saturated rings. The van der Waals surface area contributed by atoms with Crippen LogP contribution in [0.2, 0.25) is 0 Å². The molecule has 0 radical (unpaired) electrons. The lowest BCUT2D eigenvalue weighted by Gasteiger charge is -2.08. The number of carbonyl (C=O) groups is 2. The van der Waals surface area contributed by atoms with Gasteiger partial charge in [0.15, 0.2) is 17.2 Å². The van der Waals surface area contributed by atoms with E-state index >= 15 is 0 Å².